The van der Waals surface area contributed by atoms with Gasteiger partial charge in [0.2, 0.25) is 0 Å². The van der Waals surface area contributed by atoms with Crippen LogP contribution in [0.3, 0.4) is 0 Å². The van der Waals surface area contributed by atoms with E-state index in [9.17, 15) is 0 Å². The second kappa shape index (κ2) is 57.8. The number of thiophene rings is 6. The molecule has 711 valence electrons. The van der Waals surface area contributed by atoms with Gasteiger partial charge in [-0.3, -0.25) is 0 Å². The first kappa shape index (κ1) is 111. The van der Waals surface area contributed by atoms with Crippen molar-refractivity contribution in [3.63, 3.8) is 0 Å². The number of hydrogen-bond acceptors (Lipinski definition) is 12. The van der Waals surface area contributed by atoms with Crippen molar-refractivity contribution < 1.29 is 9.47 Å². The molecule has 3 unspecified atom stereocenters. The molecule has 132 heavy (non-hydrogen) atoms. The van der Waals surface area contributed by atoms with Gasteiger partial charge >= 0.3 is 238 Å². The average Bonchev–Trinajstić information content (AvgIpc) is 1.58. The molecular weight excluding hydrogens is 2150 g/mol. The van der Waals surface area contributed by atoms with Crippen LogP contribution in [0.25, 0.3) is 117 Å². The molecule has 0 N–H and O–H groups in total. The molecule has 0 amide bonds. The number of aromatic nitrogens is 4. The third-order valence-electron chi connectivity index (χ3n) is 25.1. The maximum Gasteiger partial charge on any atom is 0.119 e. The van der Waals surface area contributed by atoms with E-state index in [0.29, 0.717) is 0 Å². The summed E-state index contributed by atoms with van der Waals surface area (Å²) in [7, 11) is 7.94. The Kier molecular flexibility index (Phi) is 48.6. The number of fused-ring (bicyclic) bond motifs is 8. The predicted octanol–water partition coefficient (Wildman–Crippen LogP) is 39.9. The summed E-state index contributed by atoms with van der Waals surface area (Å²) in [5.74, 6) is 1.79. The number of aryl methyl sites for hydroxylation is 8. The van der Waals surface area contributed by atoms with Gasteiger partial charge in [0.05, 0.1) is 57.8 Å². The molecule has 0 saturated heterocycles. The molecule has 14 rings (SSSR count). The third-order valence-corrected chi connectivity index (χ3v) is 49.7. The number of benzene rings is 6. The molecule has 3 atom stereocenters. The minimum absolute atomic E-state index is 0. The first-order valence-corrected chi connectivity index (χ1v) is 79.8. The van der Waals surface area contributed by atoms with Gasteiger partial charge < -0.3 is 9.47 Å². The maximum absolute atomic E-state index is 6.05. The molecule has 1 radical (unpaired) electrons. The number of nitrogens with zero attached hydrogens (tertiary/aromatic N) is 4. The molecule has 0 saturated carbocycles. The van der Waals surface area contributed by atoms with Crippen LogP contribution in [0.1, 0.15) is 304 Å². The summed E-state index contributed by atoms with van der Waals surface area (Å²) in [4.78, 5) is 39.5. The van der Waals surface area contributed by atoms with Crippen LogP contribution >= 0.6 is 134 Å². The van der Waals surface area contributed by atoms with Gasteiger partial charge in [0, 0.05) is 44.3 Å². The van der Waals surface area contributed by atoms with Crippen molar-refractivity contribution in [3.05, 3.63) is 179 Å². The largest absolute Gasteiger partial charge is 0.494 e. The molecular formula is C112H154Br2N4O2P4S6Sn2+. The van der Waals surface area contributed by atoms with E-state index in [-0.39, 0.29) is 14.4 Å². The van der Waals surface area contributed by atoms with Crippen LogP contribution in [0.4, 0.5) is 0 Å². The molecule has 8 heterocycles. The fourth-order valence-electron chi connectivity index (χ4n) is 17.6. The van der Waals surface area contributed by atoms with Gasteiger partial charge in [-0.05, 0) is 211 Å². The summed E-state index contributed by atoms with van der Waals surface area (Å²) in [6, 6.07) is 45.0. The molecule has 14 aromatic rings. The zero-order valence-corrected chi connectivity index (χ0v) is 101. The topological polar surface area (TPSA) is 70.0 Å². The Balaban J connectivity index is 0.000000214. The van der Waals surface area contributed by atoms with Gasteiger partial charge in [-0.15, -0.1) is 72.1 Å². The van der Waals surface area contributed by atoms with Crippen molar-refractivity contribution in [1.82, 2.24) is 19.9 Å². The Morgan fingerprint density at radius 1 is 0.348 bits per heavy atom. The van der Waals surface area contributed by atoms with E-state index < -0.39 is 38.1 Å². The van der Waals surface area contributed by atoms with Gasteiger partial charge in [-0.1, -0.05) is 180 Å². The normalized spacial score (nSPS) is 11.7. The SMILES string of the molecule is CCCCCCCCc1c(CCCCCCCC)c2c[c]([Sn]([CH3])([CH3])[CH3])sc2c2s[c]([Sn]([CH3])[CH3])cc12.CCCCCCCCc1c(CCCCCCCC)c2cc(-c3sc(C)c4nc(-c5ccc(OCCCC)cc5)c(-c5ccc(CCCC)cc5)nc34)sc2c2sc(C)cc12.CCCCOc1ccc(-c2nc3c(Br)sc(Br)c3nc2-c2ccc(CCCC)cc2)cc1.PP(P)P.[CH3+]. The number of rotatable bonds is 49. The minimum Gasteiger partial charge on any atom is -0.494 e. The van der Waals surface area contributed by atoms with Crippen LogP contribution in [-0.4, -0.2) is 71.3 Å². The molecule has 0 bridgehead atoms. The molecule has 20 heteroatoms. The summed E-state index contributed by atoms with van der Waals surface area (Å²) in [6.07, 6.45) is 49.0. The Morgan fingerprint density at radius 3 is 1.06 bits per heavy atom. The average molecular weight is 2300 g/mol. The number of ether oxygens (including phenoxy) is 2. The van der Waals surface area contributed by atoms with Gasteiger partial charge in [0.1, 0.15) is 33.6 Å². The van der Waals surface area contributed by atoms with Gasteiger partial charge in [0.25, 0.3) is 0 Å². The Bertz CT molecular complexity index is 5830. The quantitative estimate of drug-likeness (QED) is 0.0164. The van der Waals surface area contributed by atoms with Crippen molar-refractivity contribution in [2.24, 2.45) is 0 Å². The molecule has 0 aliphatic heterocycles. The van der Waals surface area contributed by atoms with Gasteiger partial charge in [0.15, 0.2) is 0 Å². The standard InChI is InChI=1S/C54H68N2OS3.C26H26Br2N2OS.C26H36S2.6CH3.H6P4.2Sn/c1-7-11-15-17-19-21-24-43-44(25-22-20-18-16-12-8-2)46-36-47(60-53(46)52-45(43)35-37(5)58-52)54-51-48(38(6)59-54)55-49(41-30-32-42(33-31-41)57-34-14-10-4)50(56-51)40-28-26-39(27-29-40)23-13-9-3;1-3-5-7-17-8-10-18(11-9-17)21-22(30-24-23(29-21)25(27)32-26(24)28)19-12-14-20(15-13-19)31-16-6-4-2;1-3-5-7-9-11-13-15-21-22(16-14-12-10-8-6-4-2)24-18-20-28-26(24)25-23(21)17-19-27-25;;;;;;;1-4(2)3;;/h26-33,35-36H,7-25,34H2,1-6H3;8-15H,3-7,16H2,1-2H3;17-18H,3-16H2,1-2H3;6*1H3;1-3H2;;/q;;;;;;;;+1;;;. The fraction of sp³-hybridized carbons (Fsp3) is 0.491. The van der Waals surface area contributed by atoms with Crippen LogP contribution in [0.15, 0.2) is 129 Å². The van der Waals surface area contributed by atoms with E-state index in [2.05, 4.69) is 284 Å². The summed E-state index contributed by atoms with van der Waals surface area (Å²) in [6.45, 7) is 24.3. The minimum atomic E-state index is -2.11. The monoisotopic (exact) mass is 2300 g/mol. The van der Waals surface area contributed by atoms with Crippen molar-refractivity contribution >= 4 is 240 Å². The van der Waals surface area contributed by atoms with E-state index in [0.717, 1.165) is 138 Å². The summed E-state index contributed by atoms with van der Waals surface area (Å²) in [5, 5.41) is 6.36. The predicted molar refractivity (Wildman–Crippen MR) is 624 cm³/mol. The van der Waals surface area contributed by atoms with Crippen LogP contribution in [-0.2, 0) is 38.5 Å². The van der Waals surface area contributed by atoms with E-state index in [1.807, 2.05) is 46.1 Å². The summed E-state index contributed by atoms with van der Waals surface area (Å²) in [5.41, 5.74) is 21.3. The smallest absolute Gasteiger partial charge is 0.119 e. The zero-order chi connectivity index (χ0) is 93.4. The molecule has 0 aliphatic rings. The van der Waals surface area contributed by atoms with Gasteiger partial charge in [-0.25, -0.2) is 19.9 Å². The van der Waals surface area contributed by atoms with E-state index in [1.54, 1.807) is 59.5 Å². The van der Waals surface area contributed by atoms with Crippen LogP contribution in [0.2, 0.25) is 24.7 Å². The van der Waals surface area contributed by atoms with E-state index >= 15 is 0 Å². The Morgan fingerprint density at radius 2 is 0.674 bits per heavy atom. The number of hydrogen-bond donors (Lipinski definition) is 0. The van der Waals surface area contributed by atoms with Crippen LogP contribution < -0.4 is 15.3 Å². The van der Waals surface area contributed by atoms with Crippen molar-refractivity contribution in [1.29, 1.82) is 0 Å². The molecule has 0 aliphatic carbocycles. The van der Waals surface area contributed by atoms with Gasteiger partial charge in [-0.2, -0.15) is 0 Å². The molecule has 0 spiro atoms. The Labute approximate surface area is 856 Å². The van der Waals surface area contributed by atoms with Crippen molar-refractivity contribution in [2.75, 3.05) is 13.2 Å². The first-order chi connectivity index (χ1) is 63.5. The third kappa shape index (κ3) is 31.5. The molecule has 6 nitrogen and oxygen atoms in total. The molecule has 6 aromatic carbocycles. The zero-order valence-electron chi connectivity index (χ0n) is 82.8. The fourth-order valence-corrected chi connectivity index (χ4v) is 35.4. The van der Waals surface area contributed by atoms with E-state index in [4.69, 9.17) is 29.4 Å². The van der Waals surface area contributed by atoms with Crippen LogP contribution in [0.5, 0.6) is 11.5 Å². The van der Waals surface area contributed by atoms with Crippen molar-refractivity contribution in [2.45, 2.75) is 338 Å². The van der Waals surface area contributed by atoms with E-state index in [1.165, 1.54) is 256 Å². The second-order valence-electron chi connectivity index (χ2n) is 37.3. The maximum atomic E-state index is 6.05. The second-order valence-corrected chi connectivity index (χ2v) is 81.9. The summed E-state index contributed by atoms with van der Waals surface area (Å²) >= 11 is 15.7. The first-order valence-electron chi connectivity index (χ1n) is 50.0. The molecule has 8 aromatic heterocycles. The van der Waals surface area contributed by atoms with Crippen molar-refractivity contribution in [3.8, 4) is 66.3 Å². The summed E-state index contributed by atoms with van der Waals surface area (Å²) < 4.78 is 23.7. The number of halogens is 2. The Hall–Kier alpha value is -3.01. The molecule has 0 fully saturated rings. The van der Waals surface area contributed by atoms with Crippen LogP contribution in [0, 0.1) is 21.3 Å². The number of unbranched alkanes of at least 4 members (excludes halogenated alkanes) is 24.